The lowest BCUT2D eigenvalue weighted by Gasteiger charge is -2.20. The molecule has 0 aromatic heterocycles. The molecule has 6 nitrogen and oxygen atoms in total. The fourth-order valence-corrected chi connectivity index (χ4v) is 5.43. The Hall–Kier alpha value is -2.37. The predicted molar refractivity (Wildman–Crippen MR) is 103 cm³/mol. The van der Waals surface area contributed by atoms with Crippen LogP contribution in [0.25, 0.3) is 0 Å². The number of carbonyl (C=O) groups is 3. The fourth-order valence-electron chi connectivity index (χ4n) is 5.43. The number of hydrogen-bond donors (Lipinski definition) is 1. The van der Waals surface area contributed by atoms with Crippen molar-refractivity contribution in [2.75, 3.05) is 13.7 Å². The Morgan fingerprint density at radius 1 is 1.14 bits per heavy atom. The first-order valence-electron chi connectivity index (χ1n) is 10.3. The van der Waals surface area contributed by atoms with Gasteiger partial charge in [0.1, 0.15) is 5.75 Å². The van der Waals surface area contributed by atoms with Crippen LogP contribution in [0.15, 0.2) is 24.3 Å². The number of carbonyl (C=O) groups excluding carboxylic acids is 3. The zero-order valence-electron chi connectivity index (χ0n) is 16.5. The average molecular weight is 384 g/mol. The monoisotopic (exact) mass is 384 g/mol. The summed E-state index contributed by atoms with van der Waals surface area (Å²) in [6.45, 7) is 2.20. The van der Waals surface area contributed by atoms with Gasteiger partial charge in [0.05, 0.1) is 25.0 Å². The molecule has 3 aliphatic rings. The molecule has 0 spiro atoms. The van der Waals surface area contributed by atoms with E-state index in [4.69, 9.17) is 4.74 Å². The van der Waals surface area contributed by atoms with Gasteiger partial charge in [-0.05, 0) is 55.2 Å². The standard InChI is InChI=1S/C22H28N2O4/c1-3-17(13-6-8-16(28-2)9-7-13)23-18(25)10-11-24-21(26)19-14-4-5-15(12-14)20(19)22(24)27/h6-9,14-15,17,19-20H,3-5,10-12H2,1-2H3,(H,23,25). The molecular weight excluding hydrogens is 356 g/mol. The number of rotatable bonds is 7. The zero-order valence-corrected chi connectivity index (χ0v) is 16.5. The average Bonchev–Trinajstić information content (AvgIpc) is 3.39. The molecule has 5 atom stereocenters. The smallest absolute Gasteiger partial charge is 0.233 e. The van der Waals surface area contributed by atoms with Crippen LogP contribution in [-0.4, -0.2) is 36.3 Å². The van der Waals surface area contributed by atoms with E-state index < -0.39 is 0 Å². The molecule has 4 rings (SSSR count). The van der Waals surface area contributed by atoms with E-state index in [9.17, 15) is 14.4 Å². The van der Waals surface area contributed by atoms with E-state index in [1.807, 2.05) is 31.2 Å². The third kappa shape index (κ3) is 3.19. The summed E-state index contributed by atoms with van der Waals surface area (Å²) in [6, 6.07) is 7.53. The van der Waals surface area contributed by atoms with Crippen molar-refractivity contribution in [1.82, 2.24) is 10.2 Å². The second kappa shape index (κ2) is 7.57. The molecule has 150 valence electrons. The molecule has 6 heteroatoms. The van der Waals surface area contributed by atoms with Gasteiger partial charge in [0.2, 0.25) is 17.7 Å². The molecule has 28 heavy (non-hydrogen) atoms. The van der Waals surface area contributed by atoms with Crippen molar-refractivity contribution >= 4 is 17.7 Å². The lowest BCUT2D eigenvalue weighted by atomic mass is 9.81. The summed E-state index contributed by atoms with van der Waals surface area (Å²) in [5.74, 6) is 1.08. The van der Waals surface area contributed by atoms with Gasteiger partial charge in [-0.1, -0.05) is 19.1 Å². The normalized spacial score (nSPS) is 29.1. The number of nitrogens with zero attached hydrogens (tertiary/aromatic N) is 1. The minimum Gasteiger partial charge on any atom is -0.497 e. The number of hydrogen-bond acceptors (Lipinski definition) is 4. The van der Waals surface area contributed by atoms with Crippen LogP contribution in [0, 0.1) is 23.7 Å². The highest BCUT2D eigenvalue weighted by molar-refractivity contribution is 6.06. The Morgan fingerprint density at radius 3 is 2.29 bits per heavy atom. The molecule has 2 aliphatic carbocycles. The molecule has 5 unspecified atom stereocenters. The number of methoxy groups -OCH3 is 1. The first-order chi connectivity index (χ1) is 13.5. The molecule has 1 aromatic carbocycles. The molecule has 1 N–H and O–H groups in total. The van der Waals surface area contributed by atoms with Crippen molar-refractivity contribution in [3.8, 4) is 5.75 Å². The van der Waals surface area contributed by atoms with Gasteiger partial charge in [-0.2, -0.15) is 0 Å². The summed E-state index contributed by atoms with van der Waals surface area (Å²) < 4.78 is 5.17. The van der Waals surface area contributed by atoms with Crippen molar-refractivity contribution in [2.45, 2.75) is 45.1 Å². The van der Waals surface area contributed by atoms with Crippen molar-refractivity contribution in [1.29, 1.82) is 0 Å². The number of benzene rings is 1. The van der Waals surface area contributed by atoms with Gasteiger partial charge in [-0.3, -0.25) is 19.3 Å². The summed E-state index contributed by atoms with van der Waals surface area (Å²) >= 11 is 0. The molecule has 2 saturated carbocycles. The van der Waals surface area contributed by atoms with Gasteiger partial charge in [0.25, 0.3) is 0 Å². The minimum absolute atomic E-state index is 0.0443. The Bertz CT molecular complexity index is 747. The summed E-state index contributed by atoms with van der Waals surface area (Å²) in [7, 11) is 1.62. The lowest BCUT2D eigenvalue weighted by Crippen LogP contribution is -2.37. The first-order valence-corrected chi connectivity index (χ1v) is 10.3. The van der Waals surface area contributed by atoms with E-state index in [-0.39, 0.29) is 48.6 Å². The van der Waals surface area contributed by atoms with Gasteiger partial charge in [-0.25, -0.2) is 0 Å². The van der Waals surface area contributed by atoms with Crippen LogP contribution in [0.1, 0.15) is 50.6 Å². The molecule has 0 radical (unpaired) electrons. The maximum absolute atomic E-state index is 12.7. The van der Waals surface area contributed by atoms with Gasteiger partial charge in [0, 0.05) is 13.0 Å². The van der Waals surface area contributed by atoms with Crippen molar-refractivity contribution < 1.29 is 19.1 Å². The number of fused-ring (bicyclic) bond motifs is 5. The number of imide groups is 1. The number of likely N-dealkylation sites (tertiary alicyclic amines) is 1. The third-order valence-electron chi connectivity index (χ3n) is 6.84. The van der Waals surface area contributed by atoms with Gasteiger partial charge >= 0.3 is 0 Å². The van der Waals surface area contributed by atoms with Crippen molar-refractivity contribution in [2.24, 2.45) is 23.7 Å². The summed E-state index contributed by atoms with van der Waals surface area (Å²) in [4.78, 5) is 39.3. The summed E-state index contributed by atoms with van der Waals surface area (Å²) in [6.07, 6.45) is 4.08. The maximum Gasteiger partial charge on any atom is 0.233 e. The minimum atomic E-state index is -0.136. The van der Waals surface area contributed by atoms with Crippen molar-refractivity contribution in [3.05, 3.63) is 29.8 Å². The fraction of sp³-hybridized carbons (Fsp3) is 0.591. The second-order valence-electron chi connectivity index (χ2n) is 8.26. The summed E-state index contributed by atoms with van der Waals surface area (Å²) in [5.41, 5.74) is 1.01. The molecule has 1 saturated heterocycles. The Balaban J connectivity index is 1.34. The summed E-state index contributed by atoms with van der Waals surface area (Å²) in [5, 5.41) is 3.03. The van der Waals surface area contributed by atoms with Gasteiger partial charge in [-0.15, -0.1) is 0 Å². The predicted octanol–water partition coefficient (Wildman–Crippen LogP) is 2.68. The maximum atomic E-state index is 12.7. The highest BCUT2D eigenvalue weighted by Gasteiger charge is 2.60. The van der Waals surface area contributed by atoms with E-state index in [1.54, 1.807) is 7.11 Å². The zero-order chi connectivity index (χ0) is 19.8. The molecule has 1 aromatic rings. The van der Waals surface area contributed by atoms with Gasteiger partial charge < -0.3 is 10.1 Å². The molecule has 3 amide bonds. The number of nitrogens with one attached hydrogen (secondary N) is 1. The molecule has 1 aliphatic heterocycles. The SMILES string of the molecule is CCC(NC(=O)CCN1C(=O)C2C3CCC(C3)C2C1=O)c1ccc(OC)cc1. The third-order valence-corrected chi connectivity index (χ3v) is 6.84. The number of amides is 3. The topological polar surface area (TPSA) is 75.7 Å². The Morgan fingerprint density at radius 2 is 1.75 bits per heavy atom. The molecule has 3 fully saturated rings. The van der Waals surface area contributed by atoms with Gasteiger partial charge in [0.15, 0.2) is 0 Å². The van der Waals surface area contributed by atoms with Crippen LogP contribution in [-0.2, 0) is 14.4 Å². The van der Waals surface area contributed by atoms with E-state index in [2.05, 4.69) is 5.32 Å². The van der Waals surface area contributed by atoms with Crippen LogP contribution in [0.3, 0.4) is 0 Å². The quantitative estimate of drug-likeness (QED) is 0.734. The highest BCUT2D eigenvalue weighted by Crippen LogP contribution is 2.56. The first kappa shape index (κ1) is 19.0. The van der Waals surface area contributed by atoms with Crippen LogP contribution in [0.2, 0.25) is 0 Å². The lowest BCUT2D eigenvalue weighted by molar-refractivity contribution is -0.141. The largest absolute Gasteiger partial charge is 0.497 e. The molecular formula is C22H28N2O4. The van der Waals surface area contributed by atoms with Crippen LogP contribution in [0.5, 0.6) is 5.75 Å². The Kier molecular flexibility index (Phi) is 5.13. The second-order valence-corrected chi connectivity index (χ2v) is 8.26. The molecule has 1 heterocycles. The molecule has 2 bridgehead atoms. The van der Waals surface area contributed by atoms with E-state index in [0.717, 1.165) is 37.0 Å². The Labute approximate surface area is 165 Å². The van der Waals surface area contributed by atoms with E-state index in [0.29, 0.717) is 11.8 Å². The van der Waals surface area contributed by atoms with E-state index >= 15 is 0 Å². The number of ether oxygens (including phenoxy) is 1. The van der Waals surface area contributed by atoms with Crippen molar-refractivity contribution in [3.63, 3.8) is 0 Å². The van der Waals surface area contributed by atoms with E-state index in [1.165, 1.54) is 4.90 Å². The van der Waals surface area contributed by atoms with Crippen LogP contribution < -0.4 is 10.1 Å². The highest BCUT2D eigenvalue weighted by atomic mass is 16.5. The van der Waals surface area contributed by atoms with Crippen LogP contribution in [0.4, 0.5) is 0 Å². The van der Waals surface area contributed by atoms with Crippen LogP contribution >= 0.6 is 0 Å².